The average molecular weight is 415 g/mol. The number of esters is 1. The zero-order valence-electron chi connectivity index (χ0n) is 19.5. The fourth-order valence-electron chi connectivity index (χ4n) is 3.91. The summed E-state index contributed by atoms with van der Waals surface area (Å²) in [6.45, 7) is 22.1. The summed E-state index contributed by atoms with van der Waals surface area (Å²) in [7, 11) is -1.96. The van der Waals surface area contributed by atoms with Crippen molar-refractivity contribution in [3.63, 3.8) is 0 Å². The van der Waals surface area contributed by atoms with E-state index in [4.69, 9.17) is 9.16 Å². The summed E-state index contributed by atoms with van der Waals surface area (Å²) >= 11 is 0. The molecule has 0 saturated heterocycles. The number of benzene rings is 1. The zero-order valence-corrected chi connectivity index (χ0v) is 20.5. The van der Waals surface area contributed by atoms with Gasteiger partial charge in [0.25, 0.3) is 0 Å². The van der Waals surface area contributed by atoms with Gasteiger partial charge in [-0.2, -0.15) is 0 Å². The maximum atomic E-state index is 13.0. The Morgan fingerprint density at radius 1 is 1.24 bits per heavy atom. The van der Waals surface area contributed by atoms with E-state index >= 15 is 0 Å². The Labute approximate surface area is 178 Å². The molecule has 29 heavy (non-hydrogen) atoms. The van der Waals surface area contributed by atoms with Crippen LogP contribution >= 0.6 is 0 Å². The minimum Gasteiger partial charge on any atom is -0.462 e. The number of carbonyl (C=O) groups is 1. The van der Waals surface area contributed by atoms with Crippen molar-refractivity contribution >= 4 is 19.9 Å². The largest absolute Gasteiger partial charge is 0.462 e. The topological polar surface area (TPSA) is 35.5 Å². The fraction of sp³-hybridized carbons (Fsp3) is 0.560. The van der Waals surface area contributed by atoms with Crippen molar-refractivity contribution in [1.82, 2.24) is 0 Å². The minimum atomic E-state index is -1.96. The Kier molecular flexibility index (Phi) is 7.01. The van der Waals surface area contributed by atoms with Crippen molar-refractivity contribution in [3.05, 3.63) is 54.1 Å². The first-order valence-corrected chi connectivity index (χ1v) is 13.5. The van der Waals surface area contributed by atoms with E-state index in [2.05, 4.69) is 54.3 Å². The van der Waals surface area contributed by atoms with Crippen molar-refractivity contribution < 1.29 is 14.0 Å². The summed E-state index contributed by atoms with van der Waals surface area (Å²) in [6, 6.07) is 9.84. The van der Waals surface area contributed by atoms with Crippen molar-refractivity contribution in [2.45, 2.75) is 72.2 Å². The number of hydrogen-bond donors (Lipinski definition) is 0. The number of allylic oxidation sites excluding steroid dienone is 1. The van der Waals surface area contributed by atoms with Crippen LogP contribution in [-0.2, 0) is 14.0 Å². The van der Waals surface area contributed by atoms with Gasteiger partial charge in [-0.05, 0) is 42.6 Å². The molecule has 1 aromatic rings. The third kappa shape index (κ3) is 4.75. The van der Waals surface area contributed by atoms with Gasteiger partial charge in [-0.3, -0.25) is 0 Å². The Balaban J connectivity index is 2.59. The van der Waals surface area contributed by atoms with Crippen molar-refractivity contribution in [1.29, 1.82) is 0 Å². The molecular weight excluding hydrogens is 376 g/mol. The number of carbonyl (C=O) groups excluding carboxylic acids is 1. The molecule has 2 unspecified atom stereocenters. The van der Waals surface area contributed by atoms with E-state index in [0.717, 1.165) is 17.6 Å². The number of rotatable bonds is 6. The second-order valence-electron chi connectivity index (χ2n) is 10.1. The maximum absolute atomic E-state index is 13.0. The lowest BCUT2D eigenvalue weighted by atomic mass is 9.78. The van der Waals surface area contributed by atoms with Crippen LogP contribution in [0.5, 0.6) is 0 Å². The van der Waals surface area contributed by atoms with Crippen LogP contribution in [0.2, 0.25) is 18.1 Å². The predicted molar refractivity (Wildman–Crippen MR) is 124 cm³/mol. The van der Waals surface area contributed by atoms with E-state index in [-0.39, 0.29) is 28.4 Å². The Morgan fingerprint density at radius 3 is 2.31 bits per heavy atom. The zero-order chi connectivity index (χ0) is 22.0. The number of ether oxygens (including phenoxy) is 1. The van der Waals surface area contributed by atoms with Crippen molar-refractivity contribution in [3.8, 4) is 0 Å². The van der Waals surface area contributed by atoms with Gasteiger partial charge < -0.3 is 9.16 Å². The molecule has 1 aliphatic rings. The fourth-order valence-corrected chi connectivity index (χ4v) is 5.36. The standard InChI is InChI=1S/C25H38O3Si/c1-10-20-19(22(23(26)27-11-2)18-15-13-12-14-16-18)17-21(25(20,6)7)28-29(8,9)24(3,4)5/h10,12-16,20-21H,1,11,17H2,2-9H3/b22-19-. The Hall–Kier alpha value is -1.65. The molecule has 2 atom stereocenters. The summed E-state index contributed by atoms with van der Waals surface area (Å²) in [4.78, 5) is 13.0. The molecule has 2 rings (SSSR count). The second-order valence-corrected chi connectivity index (χ2v) is 14.8. The molecule has 0 amide bonds. The van der Waals surface area contributed by atoms with Crippen LogP contribution < -0.4 is 0 Å². The lowest BCUT2D eigenvalue weighted by Gasteiger charge is -2.42. The Morgan fingerprint density at radius 2 is 1.83 bits per heavy atom. The van der Waals surface area contributed by atoms with Crippen molar-refractivity contribution in [2.75, 3.05) is 6.61 Å². The third-order valence-corrected chi connectivity index (χ3v) is 11.2. The van der Waals surface area contributed by atoms with Gasteiger partial charge in [-0.1, -0.05) is 71.0 Å². The lowest BCUT2D eigenvalue weighted by molar-refractivity contribution is -0.136. The van der Waals surface area contributed by atoms with Crippen LogP contribution in [0, 0.1) is 11.3 Å². The Bertz CT molecular complexity index is 769. The van der Waals surface area contributed by atoms with Crippen LogP contribution in [0.3, 0.4) is 0 Å². The molecule has 0 bridgehead atoms. The SMILES string of the molecule is C=CC1/C(=C(\C(=O)OCC)c2ccccc2)CC(O[Si](C)(C)C(C)(C)C)C1(C)C. The van der Waals surface area contributed by atoms with Gasteiger partial charge >= 0.3 is 5.97 Å². The molecule has 1 aromatic carbocycles. The molecule has 160 valence electrons. The van der Waals surface area contributed by atoms with Crippen LogP contribution in [-0.4, -0.2) is 27.0 Å². The highest BCUT2D eigenvalue weighted by atomic mass is 28.4. The summed E-state index contributed by atoms with van der Waals surface area (Å²) in [6.07, 6.45) is 2.74. The maximum Gasteiger partial charge on any atom is 0.338 e. The first-order chi connectivity index (χ1) is 13.4. The molecular formula is C25H38O3Si. The lowest BCUT2D eigenvalue weighted by Crippen LogP contribution is -2.47. The van der Waals surface area contributed by atoms with Crippen molar-refractivity contribution in [2.24, 2.45) is 11.3 Å². The summed E-state index contributed by atoms with van der Waals surface area (Å²) in [5.74, 6) is -0.207. The van der Waals surface area contributed by atoms with Gasteiger partial charge in [0.1, 0.15) is 0 Å². The van der Waals surface area contributed by atoms with Gasteiger partial charge in [-0.15, -0.1) is 6.58 Å². The van der Waals surface area contributed by atoms with Crippen LogP contribution in [0.4, 0.5) is 0 Å². The van der Waals surface area contributed by atoms with Gasteiger partial charge in [0.05, 0.1) is 18.3 Å². The molecule has 4 heteroatoms. The summed E-state index contributed by atoms with van der Waals surface area (Å²) in [5, 5.41) is 0.128. The van der Waals surface area contributed by atoms with E-state index < -0.39 is 8.32 Å². The third-order valence-electron chi connectivity index (χ3n) is 6.75. The van der Waals surface area contributed by atoms with Gasteiger partial charge in [0, 0.05) is 11.3 Å². The molecule has 1 fully saturated rings. The predicted octanol–water partition coefficient (Wildman–Crippen LogP) is 6.63. The normalized spacial score (nSPS) is 23.6. The minimum absolute atomic E-state index is 0.0366. The molecule has 3 nitrogen and oxygen atoms in total. The van der Waals surface area contributed by atoms with E-state index in [9.17, 15) is 4.79 Å². The number of hydrogen-bond acceptors (Lipinski definition) is 3. The van der Waals surface area contributed by atoms with Gasteiger partial charge in [0.2, 0.25) is 0 Å². The monoisotopic (exact) mass is 414 g/mol. The molecule has 0 heterocycles. The molecule has 1 saturated carbocycles. The first kappa shape index (κ1) is 23.6. The smallest absolute Gasteiger partial charge is 0.338 e. The highest BCUT2D eigenvalue weighted by molar-refractivity contribution is 6.74. The highest BCUT2D eigenvalue weighted by Gasteiger charge is 2.51. The quantitative estimate of drug-likeness (QED) is 0.227. The second kappa shape index (κ2) is 8.61. The molecule has 0 aromatic heterocycles. The van der Waals surface area contributed by atoms with Gasteiger partial charge in [0.15, 0.2) is 8.32 Å². The molecule has 1 aliphatic carbocycles. The van der Waals surface area contributed by atoms with Crippen LogP contribution in [0.1, 0.15) is 53.5 Å². The molecule has 0 N–H and O–H groups in total. The summed E-state index contributed by atoms with van der Waals surface area (Å²) < 4.78 is 12.3. The van der Waals surface area contributed by atoms with Crippen LogP contribution in [0.15, 0.2) is 48.6 Å². The first-order valence-electron chi connectivity index (χ1n) is 10.6. The van der Waals surface area contributed by atoms with E-state index in [1.165, 1.54) is 0 Å². The van der Waals surface area contributed by atoms with Gasteiger partial charge in [-0.25, -0.2) is 4.79 Å². The van der Waals surface area contributed by atoms with E-state index in [1.54, 1.807) is 0 Å². The molecule has 0 spiro atoms. The van der Waals surface area contributed by atoms with Crippen LogP contribution in [0.25, 0.3) is 5.57 Å². The van der Waals surface area contributed by atoms with E-state index in [0.29, 0.717) is 12.2 Å². The van der Waals surface area contributed by atoms with E-state index in [1.807, 2.05) is 43.3 Å². The molecule has 0 aliphatic heterocycles. The molecule has 0 radical (unpaired) electrons. The highest BCUT2D eigenvalue weighted by Crippen LogP contribution is 2.53. The average Bonchev–Trinajstić information content (AvgIpc) is 2.84. The summed E-state index contributed by atoms with van der Waals surface area (Å²) in [5.41, 5.74) is 2.50.